The number of aryl methyl sites for hydroxylation is 1. The molecule has 0 spiro atoms. The maximum atomic E-state index is 13.6. The Morgan fingerprint density at radius 1 is 0.939 bits per heavy atom. The summed E-state index contributed by atoms with van der Waals surface area (Å²) in [5.74, 6) is 0.224. The van der Waals surface area contributed by atoms with Gasteiger partial charge >= 0.3 is 0 Å². The smallest absolute Gasteiger partial charge is 0.258 e. The fourth-order valence-electron chi connectivity index (χ4n) is 4.53. The van der Waals surface area contributed by atoms with Crippen LogP contribution >= 0.6 is 0 Å². The van der Waals surface area contributed by atoms with Gasteiger partial charge in [0.25, 0.3) is 5.91 Å². The molecule has 3 nitrogen and oxygen atoms in total. The zero-order valence-corrected chi connectivity index (χ0v) is 19.8. The Morgan fingerprint density at radius 2 is 1.55 bits per heavy atom. The first-order valence-corrected chi connectivity index (χ1v) is 11.9. The third-order valence-electron chi connectivity index (χ3n) is 6.60. The molecule has 0 aromatic heterocycles. The number of anilines is 1. The number of nitrogens with zero attached hydrogens (tertiary/aromatic N) is 2. The quantitative estimate of drug-likeness (QED) is 0.429. The van der Waals surface area contributed by atoms with Gasteiger partial charge < -0.3 is 4.90 Å². The van der Waals surface area contributed by atoms with Gasteiger partial charge in [0.15, 0.2) is 0 Å². The molecule has 0 bridgehead atoms. The normalized spacial score (nSPS) is 15.1. The summed E-state index contributed by atoms with van der Waals surface area (Å²) in [7, 11) is 0. The molecule has 33 heavy (non-hydrogen) atoms. The van der Waals surface area contributed by atoms with Crippen molar-refractivity contribution < 1.29 is 9.18 Å². The molecule has 0 aliphatic carbocycles. The number of piperidine rings is 1. The van der Waals surface area contributed by atoms with Crippen molar-refractivity contribution in [2.75, 3.05) is 18.0 Å². The molecule has 0 saturated carbocycles. The van der Waals surface area contributed by atoms with Gasteiger partial charge in [-0.15, -0.1) is 0 Å². The van der Waals surface area contributed by atoms with Crippen molar-refractivity contribution in [1.82, 2.24) is 4.90 Å². The number of likely N-dealkylation sites (tertiary alicyclic amines) is 1. The summed E-state index contributed by atoms with van der Waals surface area (Å²) >= 11 is 0. The van der Waals surface area contributed by atoms with Crippen LogP contribution in [0.2, 0.25) is 0 Å². The first-order chi connectivity index (χ1) is 15.9. The van der Waals surface area contributed by atoms with E-state index in [2.05, 4.69) is 43.0 Å². The average Bonchev–Trinajstić information content (AvgIpc) is 2.82. The molecule has 0 unspecified atom stereocenters. The third-order valence-corrected chi connectivity index (χ3v) is 6.60. The average molecular weight is 445 g/mol. The van der Waals surface area contributed by atoms with E-state index in [9.17, 15) is 9.18 Å². The van der Waals surface area contributed by atoms with Gasteiger partial charge in [0.05, 0.1) is 0 Å². The van der Waals surface area contributed by atoms with Crippen LogP contribution in [0.5, 0.6) is 0 Å². The lowest BCUT2D eigenvalue weighted by molar-refractivity contribution is 0.0958. The van der Waals surface area contributed by atoms with Crippen LogP contribution in [0.25, 0.3) is 0 Å². The minimum atomic E-state index is -0.292. The number of hydrogen-bond acceptors (Lipinski definition) is 2. The molecule has 0 atom stereocenters. The van der Waals surface area contributed by atoms with Crippen LogP contribution < -0.4 is 4.90 Å². The number of benzene rings is 3. The summed E-state index contributed by atoms with van der Waals surface area (Å²) < 4.78 is 13.6. The highest BCUT2D eigenvalue weighted by molar-refractivity contribution is 6.06. The van der Waals surface area contributed by atoms with Crippen molar-refractivity contribution in [3.63, 3.8) is 0 Å². The molecule has 0 N–H and O–H groups in total. The lowest BCUT2D eigenvalue weighted by Gasteiger charge is -2.38. The maximum Gasteiger partial charge on any atom is 0.258 e. The molecule has 4 heteroatoms. The third kappa shape index (κ3) is 5.69. The highest BCUT2D eigenvalue weighted by atomic mass is 19.1. The van der Waals surface area contributed by atoms with Crippen LogP contribution in [-0.2, 0) is 6.54 Å². The van der Waals surface area contributed by atoms with E-state index in [0.717, 1.165) is 43.7 Å². The van der Waals surface area contributed by atoms with Gasteiger partial charge in [-0.3, -0.25) is 9.69 Å². The fourth-order valence-corrected chi connectivity index (χ4v) is 4.53. The molecule has 1 saturated heterocycles. The summed E-state index contributed by atoms with van der Waals surface area (Å²) in [5, 5.41) is 0. The summed E-state index contributed by atoms with van der Waals surface area (Å²) in [6.45, 7) is 9.21. The van der Waals surface area contributed by atoms with E-state index in [-0.39, 0.29) is 17.8 Å². The lowest BCUT2D eigenvalue weighted by atomic mass is 9.99. The lowest BCUT2D eigenvalue weighted by Crippen LogP contribution is -2.47. The van der Waals surface area contributed by atoms with Gasteiger partial charge in [-0.05, 0) is 73.2 Å². The fraction of sp³-hybridized carbons (Fsp3) is 0.345. The van der Waals surface area contributed by atoms with Crippen molar-refractivity contribution >= 4 is 11.6 Å². The van der Waals surface area contributed by atoms with E-state index in [0.29, 0.717) is 11.5 Å². The number of amides is 1. The largest absolute Gasteiger partial charge is 0.305 e. The second-order valence-corrected chi connectivity index (χ2v) is 9.42. The van der Waals surface area contributed by atoms with E-state index < -0.39 is 0 Å². The molecular formula is C29H33FN2O. The van der Waals surface area contributed by atoms with E-state index in [4.69, 9.17) is 0 Å². The zero-order chi connectivity index (χ0) is 23.4. The Labute approximate surface area is 196 Å². The molecule has 3 aromatic rings. The number of rotatable bonds is 6. The van der Waals surface area contributed by atoms with Crippen molar-refractivity contribution in [2.24, 2.45) is 0 Å². The maximum absolute atomic E-state index is 13.6. The van der Waals surface area contributed by atoms with Gasteiger partial charge in [0, 0.05) is 36.9 Å². The van der Waals surface area contributed by atoms with Crippen molar-refractivity contribution in [1.29, 1.82) is 0 Å². The Balaban J connectivity index is 1.47. The van der Waals surface area contributed by atoms with Gasteiger partial charge in [0.2, 0.25) is 0 Å². The summed E-state index contributed by atoms with van der Waals surface area (Å²) in [4.78, 5) is 17.9. The molecule has 1 aliphatic rings. The number of hydrogen-bond donors (Lipinski definition) is 0. The molecule has 4 rings (SSSR count). The Hall–Kier alpha value is -2.98. The highest BCUT2D eigenvalue weighted by Gasteiger charge is 2.30. The molecule has 1 amide bonds. The highest BCUT2D eigenvalue weighted by Crippen LogP contribution is 2.27. The molecular weight excluding hydrogens is 411 g/mol. The number of carbonyl (C=O) groups excluding carboxylic acids is 1. The Kier molecular flexibility index (Phi) is 7.24. The van der Waals surface area contributed by atoms with E-state index in [1.165, 1.54) is 23.3 Å². The SMILES string of the molecule is Cc1ccc(C(=O)N(c2ccc(F)cc2)C2CCN(Cc3ccc(C(C)C)cc3)CC2)cc1. The zero-order valence-electron chi connectivity index (χ0n) is 19.8. The molecule has 3 aromatic carbocycles. The summed E-state index contributed by atoms with van der Waals surface area (Å²) in [6.07, 6.45) is 1.78. The minimum absolute atomic E-state index is 0.0238. The topological polar surface area (TPSA) is 23.6 Å². The van der Waals surface area contributed by atoms with Gasteiger partial charge in [0.1, 0.15) is 5.82 Å². The molecule has 1 aliphatic heterocycles. The molecule has 1 fully saturated rings. The number of carbonyl (C=O) groups is 1. The van der Waals surface area contributed by atoms with Crippen LogP contribution in [0.4, 0.5) is 10.1 Å². The van der Waals surface area contributed by atoms with Crippen LogP contribution in [-0.4, -0.2) is 29.9 Å². The van der Waals surface area contributed by atoms with Crippen molar-refractivity contribution in [3.8, 4) is 0 Å². The standard InChI is InChI=1S/C29H33FN2O/c1-21(2)24-10-6-23(7-11-24)20-31-18-16-28(17-19-31)32(27-14-12-26(30)13-15-27)29(33)25-8-4-22(3)5-9-25/h4-15,21,28H,16-20H2,1-3H3. The van der Waals surface area contributed by atoms with Gasteiger partial charge in [-0.25, -0.2) is 4.39 Å². The second-order valence-electron chi connectivity index (χ2n) is 9.42. The predicted molar refractivity (Wildman–Crippen MR) is 133 cm³/mol. The first kappa shape index (κ1) is 23.2. The Morgan fingerprint density at radius 3 is 2.12 bits per heavy atom. The number of halogens is 1. The van der Waals surface area contributed by atoms with Crippen LogP contribution in [0, 0.1) is 12.7 Å². The van der Waals surface area contributed by atoms with Crippen LogP contribution in [0.3, 0.4) is 0 Å². The van der Waals surface area contributed by atoms with Crippen molar-refractivity contribution in [2.45, 2.75) is 52.1 Å². The van der Waals surface area contributed by atoms with Gasteiger partial charge in [-0.2, -0.15) is 0 Å². The van der Waals surface area contributed by atoms with Gasteiger partial charge in [-0.1, -0.05) is 55.8 Å². The first-order valence-electron chi connectivity index (χ1n) is 11.9. The second kappa shape index (κ2) is 10.3. The Bertz CT molecular complexity index is 1050. The molecule has 0 radical (unpaired) electrons. The minimum Gasteiger partial charge on any atom is -0.305 e. The van der Waals surface area contributed by atoms with E-state index >= 15 is 0 Å². The summed E-state index contributed by atoms with van der Waals surface area (Å²) in [6, 6.07) is 23.0. The van der Waals surface area contributed by atoms with Crippen molar-refractivity contribution in [3.05, 3.63) is 101 Å². The molecule has 172 valence electrons. The van der Waals surface area contributed by atoms with Crippen LogP contribution in [0.1, 0.15) is 59.7 Å². The molecule has 1 heterocycles. The van der Waals surface area contributed by atoms with E-state index in [1.54, 1.807) is 12.1 Å². The monoisotopic (exact) mass is 444 g/mol. The van der Waals surface area contributed by atoms with Crippen LogP contribution in [0.15, 0.2) is 72.8 Å². The summed E-state index contributed by atoms with van der Waals surface area (Å²) in [5.41, 5.74) is 5.22. The predicted octanol–water partition coefficient (Wildman–Crippen LogP) is 6.57. The van der Waals surface area contributed by atoms with E-state index in [1.807, 2.05) is 36.1 Å².